The van der Waals surface area contributed by atoms with Crippen LogP contribution >= 0.6 is 23.4 Å². The van der Waals surface area contributed by atoms with E-state index in [1.807, 2.05) is 18.2 Å². The molecule has 0 saturated carbocycles. The molecule has 0 heterocycles. The summed E-state index contributed by atoms with van der Waals surface area (Å²) in [5.41, 5.74) is 1.28. The molecule has 0 aliphatic rings. The summed E-state index contributed by atoms with van der Waals surface area (Å²) in [7, 11) is 0. The van der Waals surface area contributed by atoms with E-state index >= 15 is 0 Å². The van der Waals surface area contributed by atoms with Crippen molar-refractivity contribution in [3.63, 3.8) is 0 Å². The van der Waals surface area contributed by atoms with Crippen molar-refractivity contribution in [2.75, 3.05) is 0 Å². The van der Waals surface area contributed by atoms with Crippen molar-refractivity contribution in [3.8, 4) is 0 Å². The maximum absolute atomic E-state index is 10.6. The lowest BCUT2D eigenvalue weighted by Gasteiger charge is -2.07. The lowest BCUT2D eigenvalue weighted by atomic mass is 10.2. The van der Waals surface area contributed by atoms with Crippen LogP contribution in [0, 0.1) is 10.1 Å². The highest BCUT2D eigenvalue weighted by atomic mass is 35.5. The molecular weight excluding hydrogens is 282 g/mol. The summed E-state index contributed by atoms with van der Waals surface area (Å²) in [6.07, 6.45) is 0.899. The molecule has 0 aromatic heterocycles. The zero-order valence-electron chi connectivity index (χ0n) is 10.3. The van der Waals surface area contributed by atoms with Crippen molar-refractivity contribution < 1.29 is 4.92 Å². The monoisotopic (exact) mass is 293 g/mol. The van der Waals surface area contributed by atoms with E-state index in [-0.39, 0.29) is 5.69 Å². The number of non-ortho nitro benzene ring substituents is 1. The maximum Gasteiger partial charge on any atom is 0.269 e. The Labute approximate surface area is 120 Å². The number of hydrogen-bond acceptors (Lipinski definition) is 3. The first-order chi connectivity index (χ1) is 9.10. The van der Waals surface area contributed by atoms with E-state index < -0.39 is 4.92 Å². The van der Waals surface area contributed by atoms with Crippen LogP contribution in [0.1, 0.15) is 12.5 Å². The fourth-order valence-corrected chi connectivity index (χ4v) is 2.88. The number of hydrogen-bond donors (Lipinski definition) is 0. The molecular formula is C14H12ClNO2S. The minimum Gasteiger partial charge on any atom is -0.258 e. The van der Waals surface area contributed by atoms with Gasteiger partial charge < -0.3 is 0 Å². The smallest absolute Gasteiger partial charge is 0.258 e. The van der Waals surface area contributed by atoms with Crippen LogP contribution in [0.4, 0.5) is 5.69 Å². The Kier molecular flexibility index (Phi) is 4.45. The second-order valence-corrected chi connectivity index (χ2v) is 5.51. The third-order valence-electron chi connectivity index (χ3n) is 2.68. The molecule has 0 fully saturated rings. The highest BCUT2D eigenvalue weighted by Gasteiger charge is 2.07. The fraction of sp³-hybridized carbons (Fsp3) is 0.143. The Bertz CT molecular complexity index is 599. The Morgan fingerprint density at radius 2 is 1.89 bits per heavy atom. The van der Waals surface area contributed by atoms with Gasteiger partial charge in [0.2, 0.25) is 0 Å². The largest absolute Gasteiger partial charge is 0.269 e. The molecule has 0 radical (unpaired) electrons. The topological polar surface area (TPSA) is 43.1 Å². The van der Waals surface area contributed by atoms with Gasteiger partial charge in [-0.1, -0.05) is 30.3 Å². The molecule has 0 aliphatic carbocycles. The molecule has 98 valence electrons. The van der Waals surface area contributed by atoms with Crippen molar-refractivity contribution in [1.29, 1.82) is 0 Å². The number of rotatable bonds is 4. The molecule has 19 heavy (non-hydrogen) atoms. The van der Waals surface area contributed by atoms with E-state index in [1.54, 1.807) is 23.9 Å². The third-order valence-corrected chi connectivity index (χ3v) is 4.04. The van der Waals surface area contributed by atoms with Gasteiger partial charge in [-0.15, -0.1) is 0 Å². The Balaban J connectivity index is 2.23. The molecule has 0 aliphatic heterocycles. The first kappa shape index (κ1) is 13.9. The molecule has 0 bridgehead atoms. The van der Waals surface area contributed by atoms with Gasteiger partial charge in [0, 0.05) is 26.9 Å². The third kappa shape index (κ3) is 3.49. The van der Waals surface area contributed by atoms with Crippen LogP contribution in [0.15, 0.2) is 52.3 Å². The van der Waals surface area contributed by atoms with Crippen molar-refractivity contribution in [2.24, 2.45) is 0 Å². The minimum absolute atomic E-state index is 0.108. The first-order valence-corrected chi connectivity index (χ1v) is 7.00. The molecule has 0 N–H and O–H groups in total. The van der Waals surface area contributed by atoms with Crippen LogP contribution < -0.4 is 0 Å². The predicted molar refractivity (Wildman–Crippen MR) is 78.0 cm³/mol. The van der Waals surface area contributed by atoms with Gasteiger partial charge in [0.05, 0.1) is 4.92 Å². The van der Waals surface area contributed by atoms with Crippen molar-refractivity contribution in [2.45, 2.75) is 23.1 Å². The molecule has 0 amide bonds. The summed E-state index contributed by atoms with van der Waals surface area (Å²) in [6, 6.07) is 12.3. The van der Waals surface area contributed by atoms with Crippen LogP contribution in [-0.2, 0) is 6.42 Å². The van der Waals surface area contributed by atoms with E-state index in [0.29, 0.717) is 0 Å². The van der Waals surface area contributed by atoms with Crippen LogP contribution in [0.2, 0.25) is 5.02 Å². The van der Waals surface area contributed by atoms with Gasteiger partial charge in [-0.05, 0) is 42.3 Å². The van der Waals surface area contributed by atoms with Gasteiger partial charge in [0.1, 0.15) is 0 Å². The van der Waals surface area contributed by atoms with Gasteiger partial charge in [-0.3, -0.25) is 10.1 Å². The van der Waals surface area contributed by atoms with Crippen molar-refractivity contribution in [1.82, 2.24) is 0 Å². The highest BCUT2D eigenvalue weighted by molar-refractivity contribution is 7.99. The predicted octanol–water partition coefficient (Wildman–Crippen LogP) is 4.96. The van der Waals surface area contributed by atoms with Gasteiger partial charge >= 0.3 is 0 Å². The first-order valence-electron chi connectivity index (χ1n) is 5.81. The molecule has 2 rings (SSSR count). The average Bonchev–Trinajstić information content (AvgIpc) is 2.41. The maximum atomic E-state index is 10.6. The van der Waals surface area contributed by atoms with Crippen LogP contribution in [0.25, 0.3) is 0 Å². The summed E-state index contributed by atoms with van der Waals surface area (Å²) in [4.78, 5) is 12.3. The molecule has 0 saturated heterocycles. The normalized spacial score (nSPS) is 10.4. The molecule has 2 aromatic rings. The molecule has 0 spiro atoms. The SMILES string of the molecule is CCc1cc(Cl)ccc1Sc1ccc([N+](=O)[O-])cc1. The number of benzene rings is 2. The second-order valence-electron chi connectivity index (χ2n) is 3.96. The Morgan fingerprint density at radius 1 is 1.21 bits per heavy atom. The summed E-state index contributed by atoms with van der Waals surface area (Å²) in [5, 5.41) is 11.3. The van der Waals surface area contributed by atoms with E-state index in [1.165, 1.54) is 17.7 Å². The lowest BCUT2D eigenvalue weighted by Crippen LogP contribution is -1.88. The molecule has 5 heteroatoms. The summed E-state index contributed by atoms with van der Waals surface area (Å²) < 4.78 is 0. The van der Waals surface area contributed by atoms with E-state index in [9.17, 15) is 10.1 Å². The van der Waals surface area contributed by atoms with E-state index in [2.05, 4.69) is 6.92 Å². The molecule has 0 atom stereocenters. The van der Waals surface area contributed by atoms with E-state index in [4.69, 9.17) is 11.6 Å². The molecule has 3 nitrogen and oxygen atoms in total. The zero-order valence-corrected chi connectivity index (χ0v) is 11.9. The van der Waals surface area contributed by atoms with Crippen LogP contribution in [0.5, 0.6) is 0 Å². The van der Waals surface area contributed by atoms with Gasteiger partial charge in [0.15, 0.2) is 0 Å². The van der Waals surface area contributed by atoms with Crippen molar-refractivity contribution in [3.05, 3.63) is 63.2 Å². The van der Waals surface area contributed by atoms with Crippen LogP contribution in [0.3, 0.4) is 0 Å². The number of nitro benzene ring substituents is 1. The Morgan fingerprint density at radius 3 is 2.47 bits per heavy atom. The van der Waals surface area contributed by atoms with Gasteiger partial charge in [0.25, 0.3) is 5.69 Å². The lowest BCUT2D eigenvalue weighted by molar-refractivity contribution is -0.384. The Hall–Kier alpha value is -1.52. The number of nitrogens with zero attached hydrogens (tertiary/aromatic N) is 1. The summed E-state index contributed by atoms with van der Waals surface area (Å²) in [6.45, 7) is 2.07. The minimum atomic E-state index is -0.395. The standard InChI is InChI=1S/C14H12ClNO2S/c1-2-10-9-11(15)3-8-14(10)19-13-6-4-12(5-7-13)16(17)18/h3-9H,2H2,1H3. The van der Waals surface area contributed by atoms with Gasteiger partial charge in [-0.2, -0.15) is 0 Å². The number of nitro groups is 1. The molecule has 2 aromatic carbocycles. The van der Waals surface area contributed by atoms with E-state index in [0.717, 1.165) is 21.2 Å². The zero-order chi connectivity index (χ0) is 13.8. The number of aryl methyl sites for hydroxylation is 1. The fourth-order valence-electron chi connectivity index (χ4n) is 1.69. The number of halogens is 1. The van der Waals surface area contributed by atoms with Gasteiger partial charge in [-0.25, -0.2) is 0 Å². The molecule has 0 unspecified atom stereocenters. The summed E-state index contributed by atoms with van der Waals surface area (Å²) >= 11 is 7.56. The van der Waals surface area contributed by atoms with Crippen LogP contribution in [-0.4, -0.2) is 4.92 Å². The average molecular weight is 294 g/mol. The highest BCUT2D eigenvalue weighted by Crippen LogP contribution is 2.33. The quantitative estimate of drug-likeness (QED) is 0.591. The van der Waals surface area contributed by atoms with Crippen molar-refractivity contribution >= 4 is 29.1 Å². The second kappa shape index (κ2) is 6.08. The summed E-state index contributed by atoms with van der Waals surface area (Å²) in [5.74, 6) is 0.